The number of aliphatic carboxylic acids is 1. The van der Waals surface area contributed by atoms with E-state index < -0.39 is 17.9 Å². The van der Waals surface area contributed by atoms with Crippen molar-refractivity contribution in [3.63, 3.8) is 0 Å². The number of hydrogen-bond acceptors (Lipinski definition) is 5. The molecule has 1 unspecified atom stereocenters. The van der Waals surface area contributed by atoms with E-state index in [4.69, 9.17) is 9.47 Å². The molecule has 1 aromatic carbocycles. The first-order valence-corrected chi connectivity index (χ1v) is 8.55. The number of carbonyl (C=O) groups is 2. The van der Waals surface area contributed by atoms with Gasteiger partial charge in [0.25, 0.3) is 5.91 Å². The van der Waals surface area contributed by atoms with Crippen LogP contribution in [0.2, 0.25) is 0 Å². The number of carboxylic acids is 1. The molecule has 0 saturated carbocycles. The summed E-state index contributed by atoms with van der Waals surface area (Å²) in [5.74, 6) is -0.706. The van der Waals surface area contributed by atoms with Gasteiger partial charge in [-0.3, -0.25) is 4.79 Å². The van der Waals surface area contributed by atoms with Crippen LogP contribution in [0.1, 0.15) is 21.0 Å². The van der Waals surface area contributed by atoms with E-state index in [0.29, 0.717) is 4.88 Å². The van der Waals surface area contributed by atoms with Crippen molar-refractivity contribution in [3.8, 4) is 16.9 Å². The summed E-state index contributed by atoms with van der Waals surface area (Å²) in [6.07, 6.45) is 0.216. The molecule has 0 bridgehead atoms. The van der Waals surface area contributed by atoms with Gasteiger partial charge in [-0.25, -0.2) is 4.79 Å². The van der Waals surface area contributed by atoms with E-state index in [0.717, 1.165) is 21.8 Å². The van der Waals surface area contributed by atoms with Crippen molar-refractivity contribution in [2.75, 3.05) is 20.8 Å². The van der Waals surface area contributed by atoms with Crippen LogP contribution in [0.3, 0.4) is 0 Å². The highest BCUT2D eigenvalue weighted by Crippen LogP contribution is 2.32. The zero-order valence-corrected chi connectivity index (χ0v) is 15.2. The van der Waals surface area contributed by atoms with Crippen LogP contribution in [0, 0.1) is 6.92 Å². The number of carboxylic acid groups (broad SMARTS) is 1. The standard InChI is InChI=1S/C18H21NO5S/c1-11-14(12-4-6-13(24-3)7-5-12)10-16(25-11)17(20)19-15(18(21)22)8-9-23-2/h4-7,10,15H,8-9H2,1-3H3,(H,19,20)(H,21,22). The van der Waals surface area contributed by atoms with Gasteiger partial charge in [0, 0.05) is 25.0 Å². The highest BCUT2D eigenvalue weighted by atomic mass is 32.1. The molecule has 1 heterocycles. The van der Waals surface area contributed by atoms with Crippen LogP contribution in [0.5, 0.6) is 5.75 Å². The second-order valence-corrected chi connectivity index (χ2v) is 6.71. The molecule has 2 aromatic rings. The summed E-state index contributed by atoms with van der Waals surface area (Å²) in [4.78, 5) is 25.1. The lowest BCUT2D eigenvalue weighted by Gasteiger charge is -2.13. The first-order valence-electron chi connectivity index (χ1n) is 7.73. The number of carbonyl (C=O) groups excluding carboxylic acids is 1. The minimum atomic E-state index is -1.07. The van der Waals surface area contributed by atoms with Gasteiger partial charge < -0.3 is 19.9 Å². The molecule has 1 atom stereocenters. The van der Waals surface area contributed by atoms with Crippen molar-refractivity contribution in [1.82, 2.24) is 5.32 Å². The SMILES string of the molecule is COCCC(NC(=O)c1cc(-c2ccc(OC)cc2)c(C)s1)C(=O)O. The highest BCUT2D eigenvalue weighted by molar-refractivity contribution is 7.14. The minimum Gasteiger partial charge on any atom is -0.497 e. The summed E-state index contributed by atoms with van der Waals surface area (Å²) in [5, 5.41) is 11.8. The lowest BCUT2D eigenvalue weighted by molar-refractivity contribution is -0.139. The first kappa shape index (κ1) is 19.0. The summed E-state index contributed by atoms with van der Waals surface area (Å²) < 4.78 is 10.0. The van der Waals surface area contributed by atoms with Gasteiger partial charge in [-0.05, 0) is 36.2 Å². The van der Waals surface area contributed by atoms with Gasteiger partial charge in [0.2, 0.25) is 0 Å². The predicted molar refractivity (Wildman–Crippen MR) is 96.4 cm³/mol. The summed E-state index contributed by atoms with van der Waals surface area (Å²) in [6, 6.07) is 8.38. The molecule has 2 N–H and O–H groups in total. The van der Waals surface area contributed by atoms with Crippen LogP contribution in [0.4, 0.5) is 0 Å². The molecular formula is C18H21NO5S. The van der Waals surface area contributed by atoms with Crippen molar-refractivity contribution < 1.29 is 24.2 Å². The normalized spacial score (nSPS) is 11.8. The van der Waals surface area contributed by atoms with Gasteiger partial charge in [-0.1, -0.05) is 12.1 Å². The van der Waals surface area contributed by atoms with Crippen molar-refractivity contribution in [2.24, 2.45) is 0 Å². The van der Waals surface area contributed by atoms with Gasteiger partial charge in [0.05, 0.1) is 12.0 Å². The van der Waals surface area contributed by atoms with E-state index in [1.807, 2.05) is 31.2 Å². The predicted octanol–water partition coefficient (Wildman–Crippen LogP) is 2.95. The molecule has 6 nitrogen and oxygen atoms in total. The number of thiophene rings is 1. The number of methoxy groups -OCH3 is 2. The Labute approximate surface area is 150 Å². The van der Waals surface area contributed by atoms with Gasteiger partial charge in [0.15, 0.2) is 0 Å². The maximum absolute atomic E-state index is 12.4. The molecule has 134 valence electrons. The summed E-state index contributed by atoms with van der Waals surface area (Å²) in [7, 11) is 3.10. The molecule has 25 heavy (non-hydrogen) atoms. The zero-order valence-electron chi connectivity index (χ0n) is 14.4. The van der Waals surface area contributed by atoms with Crippen LogP contribution in [-0.4, -0.2) is 43.9 Å². The summed E-state index contributed by atoms with van der Waals surface area (Å²) in [6.45, 7) is 2.19. The number of aryl methyl sites for hydroxylation is 1. The third-order valence-corrected chi connectivity index (χ3v) is 4.81. The van der Waals surface area contributed by atoms with Gasteiger partial charge in [0.1, 0.15) is 11.8 Å². The monoisotopic (exact) mass is 363 g/mol. The van der Waals surface area contributed by atoms with E-state index in [2.05, 4.69) is 5.32 Å². The lowest BCUT2D eigenvalue weighted by Crippen LogP contribution is -2.41. The Bertz CT molecular complexity index is 738. The number of benzene rings is 1. The molecule has 2 rings (SSSR count). The van der Waals surface area contributed by atoms with E-state index in [1.165, 1.54) is 18.4 Å². The maximum Gasteiger partial charge on any atom is 0.326 e. The molecule has 7 heteroatoms. The largest absolute Gasteiger partial charge is 0.497 e. The number of hydrogen-bond donors (Lipinski definition) is 2. The Morgan fingerprint density at radius 2 is 1.92 bits per heavy atom. The number of rotatable bonds is 8. The number of amides is 1. The smallest absolute Gasteiger partial charge is 0.326 e. The molecule has 1 aromatic heterocycles. The first-order chi connectivity index (χ1) is 12.0. The van der Waals surface area contributed by atoms with Crippen LogP contribution < -0.4 is 10.1 Å². The molecule has 1 amide bonds. The van der Waals surface area contributed by atoms with Crippen molar-refractivity contribution >= 4 is 23.2 Å². The molecule has 0 aliphatic rings. The van der Waals surface area contributed by atoms with E-state index in [1.54, 1.807) is 13.2 Å². The summed E-state index contributed by atoms with van der Waals surface area (Å²) in [5.41, 5.74) is 1.92. The molecule has 0 saturated heterocycles. The topological polar surface area (TPSA) is 84.9 Å². The third kappa shape index (κ3) is 4.80. The zero-order chi connectivity index (χ0) is 18.4. The van der Waals surface area contributed by atoms with Gasteiger partial charge in [-0.2, -0.15) is 0 Å². The molecule has 0 radical (unpaired) electrons. The fraction of sp³-hybridized carbons (Fsp3) is 0.333. The van der Waals surface area contributed by atoms with Crippen molar-refractivity contribution in [2.45, 2.75) is 19.4 Å². The Hall–Kier alpha value is -2.38. The molecule has 0 fully saturated rings. The molecule has 0 spiro atoms. The molecule has 0 aliphatic carbocycles. The fourth-order valence-electron chi connectivity index (χ4n) is 2.37. The van der Waals surface area contributed by atoms with Crippen molar-refractivity contribution in [1.29, 1.82) is 0 Å². The molecular weight excluding hydrogens is 342 g/mol. The average molecular weight is 363 g/mol. The van der Waals surface area contributed by atoms with Crippen LogP contribution in [-0.2, 0) is 9.53 Å². The van der Waals surface area contributed by atoms with Gasteiger partial charge >= 0.3 is 5.97 Å². The Morgan fingerprint density at radius 1 is 1.24 bits per heavy atom. The van der Waals surface area contributed by atoms with Crippen LogP contribution >= 0.6 is 11.3 Å². The quantitative estimate of drug-likeness (QED) is 0.753. The third-order valence-electron chi connectivity index (χ3n) is 3.76. The second-order valence-electron chi connectivity index (χ2n) is 5.45. The van der Waals surface area contributed by atoms with E-state index in [-0.39, 0.29) is 13.0 Å². The lowest BCUT2D eigenvalue weighted by atomic mass is 10.1. The van der Waals surface area contributed by atoms with Crippen LogP contribution in [0.25, 0.3) is 11.1 Å². The highest BCUT2D eigenvalue weighted by Gasteiger charge is 2.22. The molecule has 0 aliphatic heterocycles. The van der Waals surface area contributed by atoms with Crippen molar-refractivity contribution in [3.05, 3.63) is 40.1 Å². The number of nitrogens with one attached hydrogen (secondary N) is 1. The van der Waals surface area contributed by atoms with E-state index in [9.17, 15) is 14.7 Å². The number of ether oxygens (including phenoxy) is 2. The summed E-state index contributed by atoms with van der Waals surface area (Å²) >= 11 is 1.34. The fourth-order valence-corrected chi connectivity index (χ4v) is 3.32. The average Bonchev–Trinajstić information content (AvgIpc) is 3.00. The van der Waals surface area contributed by atoms with Crippen LogP contribution in [0.15, 0.2) is 30.3 Å². The maximum atomic E-state index is 12.4. The Balaban J connectivity index is 2.17. The second kappa shape index (κ2) is 8.64. The Kier molecular flexibility index (Phi) is 6.55. The van der Waals surface area contributed by atoms with Gasteiger partial charge in [-0.15, -0.1) is 11.3 Å². The van der Waals surface area contributed by atoms with E-state index >= 15 is 0 Å². The Morgan fingerprint density at radius 3 is 2.48 bits per heavy atom. The minimum absolute atomic E-state index is 0.216.